The number of carbonyl (C=O) groups excluding carboxylic acids is 1. The van der Waals surface area contributed by atoms with Crippen molar-refractivity contribution in [1.29, 1.82) is 0 Å². The Balaban J connectivity index is 1.93. The molecule has 2 rings (SSSR count). The number of amides is 1. The van der Waals surface area contributed by atoms with Crippen LogP contribution in [0, 0.1) is 6.92 Å². The summed E-state index contributed by atoms with van der Waals surface area (Å²) in [5, 5.41) is 6.61. The molecule has 0 aliphatic carbocycles. The lowest BCUT2D eigenvalue weighted by Crippen LogP contribution is -2.22. The van der Waals surface area contributed by atoms with Crippen LogP contribution in [-0.2, 0) is 4.79 Å². The summed E-state index contributed by atoms with van der Waals surface area (Å²) in [7, 11) is 0. The maximum Gasteiger partial charge on any atom is 0.238 e. The van der Waals surface area contributed by atoms with E-state index in [0.717, 1.165) is 0 Å². The van der Waals surface area contributed by atoms with Gasteiger partial charge in [-0.1, -0.05) is 16.9 Å². The highest BCUT2D eigenvalue weighted by Gasteiger charge is 2.17. The maximum absolute atomic E-state index is 11.9. The van der Waals surface area contributed by atoms with Crippen LogP contribution in [0.2, 0.25) is 0 Å². The SMILES string of the molecule is Cc1cc(NC(=O)[C@H](C)Sc2ncccn2)no1. The van der Waals surface area contributed by atoms with E-state index in [0.29, 0.717) is 16.7 Å². The fourth-order valence-electron chi connectivity index (χ4n) is 1.21. The first kappa shape index (κ1) is 12.6. The Kier molecular flexibility index (Phi) is 3.93. The molecule has 0 spiro atoms. The third kappa shape index (κ3) is 3.30. The molecule has 0 aliphatic rings. The molecule has 0 bridgehead atoms. The molecule has 1 amide bonds. The van der Waals surface area contributed by atoms with Gasteiger partial charge in [0.15, 0.2) is 11.0 Å². The average molecular weight is 264 g/mol. The Hall–Kier alpha value is -1.89. The van der Waals surface area contributed by atoms with Gasteiger partial charge in [0.05, 0.1) is 5.25 Å². The summed E-state index contributed by atoms with van der Waals surface area (Å²) in [6, 6.07) is 3.39. The zero-order chi connectivity index (χ0) is 13.0. The van der Waals surface area contributed by atoms with Gasteiger partial charge in [0.2, 0.25) is 5.91 Å². The molecule has 1 atom stereocenters. The summed E-state index contributed by atoms with van der Waals surface area (Å²) in [6.07, 6.45) is 3.28. The molecule has 0 fully saturated rings. The Bertz CT molecular complexity index is 529. The van der Waals surface area contributed by atoms with Crippen molar-refractivity contribution in [1.82, 2.24) is 15.1 Å². The molecule has 7 heteroatoms. The number of hydrogen-bond acceptors (Lipinski definition) is 6. The third-order valence-electron chi connectivity index (χ3n) is 2.07. The first-order chi connectivity index (χ1) is 8.65. The quantitative estimate of drug-likeness (QED) is 0.671. The standard InChI is InChI=1S/C11H12N4O2S/c1-7-6-9(15-17-7)14-10(16)8(2)18-11-12-4-3-5-13-11/h3-6,8H,1-2H3,(H,14,15,16)/t8-/m0/s1. The van der Waals surface area contributed by atoms with E-state index in [-0.39, 0.29) is 11.2 Å². The van der Waals surface area contributed by atoms with Crippen LogP contribution in [-0.4, -0.2) is 26.3 Å². The molecule has 94 valence electrons. The molecule has 2 aromatic heterocycles. The van der Waals surface area contributed by atoms with Gasteiger partial charge < -0.3 is 9.84 Å². The topological polar surface area (TPSA) is 80.9 Å². The van der Waals surface area contributed by atoms with Crippen LogP contribution in [0.25, 0.3) is 0 Å². The van der Waals surface area contributed by atoms with E-state index in [1.165, 1.54) is 11.8 Å². The fourth-order valence-corrected chi connectivity index (χ4v) is 1.94. The highest BCUT2D eigenvalue weighted by atomic mass is 32.2. The Labute approximate surface area is 108 Å². The van der Waals surface area contributed by atoms with Gasteiger partial charge in [-0.05, 0) is 19.9 Å². The van der Waals surface area contributed by atoms with Gasteiger partial charge in [-0.25, -0.2) is 9.97 Å². The normalized spacial score (nSPS) is 12.1. The first-order valence-electron chi connectivity index (χ1n) is 5.33. The van der Waals surface area contributed by atoms with E-state index in [9.17, 15) is 4.79 Å². The fraction of sp³-hybridized carbons (Fsp3) is 0.273. The van der Waals surface area contributed by atoms with Gasteiger partial charge >= 0.3 is 0 Å². The van der Waals surface area contributed by atoms with Gasteiger partial charge in [0, 0.05) is 18.5 Å². The minimum absolute atomic E-state index is 0.166. The minimum Gasteiger partial charge on any atom is -0.360 e. The molecule has 0 aliphatic heterocycles. The number of anilines is 1. The monoisotopic (exact) mass is 264 g/mol. The van der Waals surface area contributed by atoms with Crippen LogP contribution >= 0.6 is 11.8 Å². The predicted molar refractivity (Wildman–Crippen MR) is 67.2 cm³/mol. The van der Waals surface area contributed by atoms with Crippen molar-refractivity contribution in [3.63, 3.8) is 0 Å². The molecule has 0 radical (unpaired) electrons. The summed E-state index contributed by atoms with van der Waals surface area (Å²) in [6.45, 7) is 3.54. The Morgan fingerprint density at radius 2 is 2.17 bits per heavy atom. The average Bonchev–Trinajstić information content (AvgIpc) is 2.76. The van der Waals surface area contributed by atoms with Crippen molar-refractivity contribution in [2.75, 3.05) is 5.32 Å². The molecule has 18 heavy (non-hydrogen) atoms. The molecule has 0 aromatic carbocycles. The first-order valence-corrected chi connectivity index (χ1v) is 6.21. The van der Waals surface area contributed by atoms with Crippen LogP contribution in [0.5, 0.6) is 0 Å². The molecule has 0 saturated carbocycles. The van der Waals surface area contributed by atoms with Crippen LogP contribution in [0.15, 0.2) is 34.2 Å². The lowest BCUT2D eigenvalue weighted by Gasteiger charge is -2.08. The molecule has 0 saturated heterocycles. The largest absolute Gasteiger partial charge is 0.360 e. The number of hydrogen-bond donors (Lipinski definition) is 1. The second-order valence-corrected chi connectivity index (χ2v) is 4.91. The predicted octanol–water partition coefficient (Wildman–Crippen LogP) is 1.89. The highest BCUT2D eigenvalue weighted by Crippen LogP contribution is 2.19. The van der Waals surface area contributed by atoms with E-state index < -0.39 is 0 Å². The Morgan fingerprint density at radius 1 is 1.44 bits per heavy atom. The van der Waals surface area contributed by atoms with E-state index in [1.807, 2.05) is 0 Å². The molecular formula is C11H12N4O2S. The molecule has 6 nitrogen and oxygen atoms in total. The van der Waals surface area contributed by atoms with Crippen LogP contribution in [0.3, 0.4) is 0 Å². The summed E-state index contributed by atoms with van der Waals surface area (Å²) in [4.78, 5) is 20.0. The van der Waals surface area contributed by atoms with Gasteiger partial charge in [-0.15, -0.1) is 0 Å². The van der Waals surface area contributed by atoms with Gasteiger partial charge in [0.25, 0.3) is 0 Å². The number of nitrogens with zero attached hydrogens (tertiary/aromatic N) is 3. The van der Waals surface area contributed by atoms with Crippen LogP contribution in [0.1, 0.15) is 12.7 Å². The second kappa shape index (κ2) is 5.63. The molecule has 0 unspecified atom stereocenters. The number of rotatable bonds is 4. The molecule has 2 heterocycles. The second-order valence-electron chi connectivity index (χ2n) is 3.60. The summed E-state index contributed by atoms with van der Waals surface area (Å²) < 4.78 is 4.87. The number of nitrogens with one attached hydrogen (secondary N) is 1. The van der Waals surface area contributed by atoms with Gasteiger partial charge in [-0.2, -0.15) is 0 Å². The van der Waals surface area contributed by atoms with E-state index in [1.54, 1.807) is 38.4 Å². The highest BCUT2D eigenvalue weighted by molar-refractivity contribution is 8.00. The van der Waals surface area contributed by atoms with E-state index in [4.69, 9.17) is 4.52 Å². The zero-order valence-electron chi connectivity index (χ0n) is 9.95. The van der Waals surface area contributed by atoms with Crippen molar-refractivity contribution in [3.05, 3.63) is 30.3 Å². The maximum atomic E-state index is 11.9. The van der Waals surface area contributed by atoms with Gasteiger partial charge in [-0.3, -0.25) is 4.79 Å². The van der Waals surface area contributed by atoms with Crippen molar-refractivity contribution < 1.29 is 9.32 Å². The van der Waals surface area contributed by atoms with E-state index in [2.05, 4.69) is 20.4 Å². The smallest absolute Gasteiger partial charge is 0.238 e. The number of thioether (sulfide) groups is 1. The van der Waals surface area contributed by atoms with Gasteiger partial charge in [0.1, 0.15) is 5.76 Å². The van der Waals surface area contributed by atoms with E-state index >= 15 is 0 Å². The molecule has 2 aromatic rings. The summed E-state index contributed by atoms with van der Waals surface area (Å²) >= 11 is 1.29. The summed E-state index contributed by atoms with van der Waals surface area (Å²) in [5.74, 6) is 0.900. The lowest BCUT2D eigenvalue weighted by molar-refractivity contribution is -0.115. The summed E-state index contributed by atoms with van der Waals surface area (Å²) in [5.41, 5.74) is 0. The van der Waals surface area contributed by atoms with Crippen LogP contribution < -0.4 is 5.32 Å². The van der Waals surface area contributed by atoms with Crippen molar-refractivity contribution >= 4 is 23.5 Å². The number of aryl methyl sites for hydroxylation is 1. The van der Waals surface area contributed by atoms with Crippen LogP contribution in [0.4, 0.5) is 5.82 Å². The number of aromatic nitrogens is 3. The van der Waals surface area contributed by atoms with Crippen molar-refractivity contribution in [2.45, 2.75) is 24.3 Å². The van der Waals surface area contributed by atoms with Crippen molar-refractivity contribution in [3.8, 4) is 0 Å². The third-order valence-corrected chi connectivity index (χ3v) is 3.06. The number of carbonyl (C=O) groups is 1. The molecule has 1 N–H and O–H groups in total. The zero-order valence-corrected chi connectivity index (χ0v) is 10.8. The lowest BCUT2D eigenvalue weighted by atomic mass is 10.4. The minimum atomic E-state index is -0.315. The van der Waals surface area contributed by atoms with Crippen molar-refractivity contribution in [2.24, 2.45) is 0 Å². The Morgan fingerprint density at radius 3 is 2.78 bits per heavy atom. The molecular weight excluding hydrogens is 252 g/mol.